The third-order valence-corrected chi connectivity index (χ3v) is 5.67. The highest BCUT2D eigenvalue weighted by Crippen LogP contribution is 2.26. The minimum atomic E-state index is 0.162. The molecule has 0 spiro atoms. The summed E-state index contributed by atoms with van der Waals surface area (Å²) in [5.74, 6) is 0.162. The Labute approximate surface area is 156 Å². The van der Waals surface area contributed by atoms with Gasteiger partial charge in [0.05, 0.1) is 0 Å². The lowest BCUT2D eigenvalue weighted by molar-refractivity contribution is 0.0190. The van der Waals surface area contributed by atoms with Crippen LogP contribution in [0.25, 0.3) is 11.1 Å². The van der Waals surface area contributed by atoms with Crippen LogP contribution in [-0.4, -0.2) is 73.0 Å². The maximum absolute atomic E-state index is 13.3. The van der Waals surface area contributed by atoms with Gasteiger partial charge in [-0.1, -0.05) is 48.0 Å². The Balaban J connectivity index is 1.59. The van der Waals surface area contributed by atoms with Gasteiger partial charge in [-0.3, -0.25) is 9.69 Å². The Hall–Kier alpha value is -2.17. The van der Waals surface area contributed by atoms with Crippen LogP contribution in [0.1, 0.15) is 15.9 Å². The lowest BCUT2D eigenvalue weighted by Crippen LogP contribution is -2.62. The average molecular weight is 349 g/mol. The van der Waals surface area contributed by atoms with Gasteiger partial charge in [-0.2, -0.15) is 0 Å². The number of hydrogen-bond acceptors (Lipinski definition) is 3. The second-order valence-corrected chi connectivity index (χ2v) is 7.62. The lowest BCUT2D eigenvalue weighted by atomic mass is 9.97. The van der Waals surface area contributed by atoms with E-state index in [1.165, 1.54) is 5.56 Å². The number of aryl methyl sites for hydroxylation is 1. The summed E-state index contributed by atoms with van der Waals surface area (Å²) in [6.07, 6.45) is 0. The van der Waals surface area contributed by atoms with Crippen LogP contribution in [0.2, 0.25) is 0 Å². The van der Waals surface area contributed by atoms with Crippen molar-refractivity contribution in [3.8, 4) is 11.1 Å². The van der Waals surface area contributed by atoms with Crippen LogP contribution >= 0.6 is 0 Å². The summed E-state index contributed by atoms with van der Waals surface area (Å²) < 4.78 is 0. The molecule has 26 heavy (non-hydrogen) atoms. The van der Waals surface area contributed by atoms with Crippen molar-refractivity contribution in [2.45, 2.75) is 13.0 Å². The molecule has 1 unspecified atom stereocenters. The molecule has 2 saturated heterocycles. The highest BCUT2D eigenvalue weighted by molar-refractivity contribution is 6.01. The molecule has 4 nitrogen and oxygen atoms in total. The zero-order valence-corrected chi connectivity index (χ0v) is 15.7. The molecule has 2 fully saturated rings. The Bertz CT molecular complexity index is 803. The fourth-order valence-corrected chi connectivity index (χ4v) is 4.20. The molecule has 1 amide bonds. The monoisotopic (exact) mass is 349 g/mol. The number of piperazine rings is 2. The quantitative estimate of drug-likeness (QED) is 0.834. The van der Waals surface area contributed by atoms with Crippen molar-refractivity contribution < 1.29 is 4.79 Å². The standard InChI is InChI=1S/C22H27N3O/c1-17-6-5-7-18(14-17)20-8-3-4-9-21(20)22(26)25-13-12-24-11-10-23(2)15-19(24)16-25/h3-9,14,19H,10-13,15-16H2,1-2H3. The molecule has 4 rings (SSSR count). The molecular weight excluding hydrogens is 322 g/mol. The summed E-state index contributed by atoms with van der Waals surface area (Å²) in [6.45, 7) is 8.00. The minimum absolute atomic E-state index is 0.162. The molecule has 0 aromatic heterocycles. The molecular formula is C22H27N3O. The van der Waals surface area contributed by atoms with Crippen molar-refractivity contribution in [1.29, 1.82) is 0 Å². The predicted molar refractivity (Wildman–Crippen MR) is 105 cm³/mol. The summed E-state index contributed by atoms with van der Waals surface area (Å²) in [7, 11) is 2.17. The lowest BCUT2D eigenvalue weighted by Gasteiger charge is -2.46. The van der Waals surface area contributed by atoms with E-state index in [2.05, 4.69) is 59.0 Å². The average Bonchev–Trinajstić information content (AvgIpc) is 2.67. The summed E-state index contributed by atoms with van der Waals surface area (Å²) in [4.78, 5) is 20.3. The molecule has 2 heterocycles. The van der Waals surface area contributed by atoms with Crippen molar-refractivity contribution >= 4 is 5.91 Å². The van der Waals surface area contributed by atoms with Gasteiger partial charge in [-0.25, -0.2) is 0 Å². The van der Waals surface area contributed by atoms with Gasteiger partial charge in [-0.15, -0.1) is 0 Å². The highest BCUT2D eigenvalue weighted by atomic mass is 16.2. The van der Waals surface area contributed by atoms with Crippen molar-refractivity contribution in [2.75, 3.05) is 46.3 Å². The number of amides is 1. The zero-order valence-electron chi connectivity index (χ0n) is 15.7. The van der Waals surface area contributed by atoms with Crippen LogP contribution in [-0.2, 0) is 0 Å². The first-order valence-corrected chi connectivity index (χ1v) is 9.50. The van der Waals surface area contributed by atoms with E-state index in [0.717, 1.165) is 56.0 Å². The maximum atomic E-state index is 13.3. The first-order valence-electron chi connectivity index (χ1n) is 9.50. The second-order valence-electron chi connectivity index (χ2n) is 7.62. The number of carbonyl (C=O) groups excluding carboxylic acids is 1. The van der Waals surface area contributed by atoms with Crippen LogP contribution in [0, 0.1) is 6.92 Å². The molecule has 136 valence electrons. The SMILES string of the molecule is Cc1cccc(-c2ccccc2C(=O)N2CCN3CCN(C)CC3C2)c1. The number of fused-ring (bicyclic) bond motifs is 1. The molecule has 2 aromatic rings. The van der Waals surface area contributed by atoms with Crippen LogP contribution in [0.4, 0.5) is 0 Å². The molecule has 2 aromatic carbocycles. The molecule has 0 N–H and O–H groups in total. The Morgan fingerprint density at radius 3 is 2.62 bits per heavy atom. The van der Waals surface area contributed by atoms with Crippen molar-refractivity contribution in [3.63, 3.8) is 0 Å². The van der Waals surface area contributed by atoms with E-state index in [9.17, 15) is 4.79 Å². The largest absolute Gasteiger partial charge is 0.336 e. The Morgan fingerprint density at radius 1 is 0.962 bits per heavy atom. The normalized spacial score (nSPS) is 21.5. The number of hydrogen-bond donors (Lipinski definition) is 0. The molecule has 2 aliphatic heterocycles. The van der Waals surface area contributed by atoms with Gasteiger partial charge in [0.25, 0.3) is 5.91 Å². The van der Waals surface area contributed by atoms with Gasteiger partial charge in [0.1, 0.15) is 0 Å². The third-order valence-electron chi connectivity index (χ3n) is 5.67. The topological polar surface area (TPSA) is 26.8 Å². The van der Waals surface area contributed by atoms with Crippen LogP contribution in [0.5, 0.6) is 0 Å². The van der Waals surface area contributed by atoms with E-state index >= 15 is 0 Å². The van der Waals surface area contributed by atoms with E-state index in [4.69, 9.17) is 0 Å². The molecule has 4 heteroatoms. The van der Waals surface area contributed by atoms with Gasteiger partial charge in [0, 0.05) is 50.9 Å². The fourth-order valence-electron chi connectivity index (χ4n) is 4.20. The summed E-state index contributed by atoms with van der Waals surface area (Å²) in [5, 5.41) is 0. The van der Waals surface area contributed by atoms with E-state index < -0.39 is 0 Å². The fraction of sp³-hybridized carbons (Fsp3) is 0.409. The highest BCUT2D eigenvalue weighted by Gasteiger charge is 2.33. The van der Waals surface area contributed by atoms with Gasteiger partial charge >= 0.3 is 0 Å². The Kier molecular flexibility index (Phi) is 4.79. The number of rotatable bonds is 2. The van der Waals surface area contributed by atoms with Crippen molar-refractivity contribution in [2.24, 2.45) is 0 Å². The molecule has 0 saturated carbocycles. The van der Waals surface area contributed by atoms with Crippen LogP contribution in [0.3, 0.4) is 0 Å². The van der Waals surface area contributed by atoms with Gasteiger partial charge < -0.3 is 9.80 Å². The van der Waals surface area contributed by atoms with Gasteiger partial charge in [0.2, 0.25) is 0 Å². The van der Waals surface area contributed by atoms with E-state index in [0.29, 0.717) is 6.04 Å². The minimum Gasteiger partial charge on any atom is -0.336 e. The number of benzene rings is 2. The van der Waals surface area contributed by atoms with Crippen LogP contribution < -0.4 is 0 Å². The van der Waals surface area contributed by atoms with E-state index in [-0.39, 0.29) is 5.91 Å². The predicted octanol–water partition coefficient (Wildman–Crippen LogP) is 2.73. The van der Waals surface area contributed by atoms with Gasteiger partial charge in [0.15, 0.2) is 0 Å². The second kappa shape index (κ2) is 7.22. The molecule has 0 bridgehead atoms. The number of carbonyl (C=O) groups is 1. The Morgan fingerprint density at radius 2 is 1.77 bits per heavy atom. The number of likely N-dealkylation sites (N-methyl/N-ethyl adjacent to an activating group) is 1. The zero-order chi connectivity index (χ0) is 18.1. The van der Waals surface area contributed by atoms with E-state index in [1.807, 2.05) is 18.2 Å². The number of nitrogens with zero attached hydrogens (tertiary/aromatic N) is 3. The van der Waals surface area contributed by atoms with Crippen LogP contribution in [0.15, 0.2) is 48.5 Å². The maximum Gasteiger partial charge on any atom is 0.254 e. The van der Waals surface area contributed by atoms with E-state index in [1.54, 1.807) is 0 Å². The van der Waals surface area contributed by atoms with Gasteiger partial charge in [-0.05, 0) is 31.2 Å². The molecule has 1 atom stereocenters. The first kappa shape index (κ1) is 17.3. The molecule has 0 radical (unpaired) electrons. The summed E-state index contributed by atoms with van der Waals surface area (Å²) in [5.41, 5.74) is 4.17. The molecule has 2 aliphatic rings. The molecule has 0 aliphatic carbocycles. The summed E-state index contributed by atoms with van der Waals surface area (Å²) >= 11 is 0. The first-order chi connectivity index (χ1) is 12.6. The smallest absolute Gasteiger partial charge is 0.254 e. The third kappa shape index (κ3) is 3.39. The summed E-state index contributed by atoms with van der Waals surface area (Å²) in [6, 6.07) is 16.9. The van der Waals surface area contributed by atoms with Crippen molar-refractivity contribution in [1.82, 2.24) is 14.7 Å². The van der Waals surface area contributed by atoms with Crippen molar-refractivity contribution in [3.05, 3.63) is 59.7 Å².